The number of nitrogens with zero attached hydrogens (tertiary/aromatic N) is 2. The van der Waals surface area contributed by atoms with Gasteiger partial charge in [-0.2, -0.15) is 4.99 Å². The summed E-state index contributed by atoms with van der Waals surface area (Å²) in [7, 11) is 1.33. The highest BCUT2D eigenvalue weighted by atomic mass is 32.1. The van der Waals surface area contributed by atoms with Crippen LogP contribution >= 0.6 is 11.3 Å². The van der Waals surface area contributed by atoms with E-state index >= 15 is 0 Å². The first kappa shape index (κ1) is 18.2. The minimum atomic E-state index is -0.420. The number of hydrogen-bond donors (Lipinski definition) is 0. The molecule has 1 aliphatic rings. The van der Waals surface area contributed by atoms with Crippen molar-refractivity contribution < 1.29 is 23.8 Å². The highest BCUT2D eigenvalue weighted by Crippen LogP contribution is 2.32. The third-order valence-electron chi connectivity index (χ3n) is 4.63. The second kappa shape index (κ2) is 7.12. The van der Waals surface area contributed by atoms with Crippen LogP contribution in [0.15, 0.2) is 35.3 Å². The maximum Gasteiger partial charge on any atom is 0.325 e. The maximum atomic E-state index is 12.7. The SMILES string of the molecule is COC(=O)Cn1c(=NC(=O)c2ccc3c(c2)OCO3)sc2cc(C)c(C)cc21. The molecule has 2 heterocycles. The van der Waals surface area contributed by atoms with Crippen LogP contribution in [-0.2, 0) is 16.1 Å². The molecule has 0 unspecified atom stereocenters. The van der Waals surface area contributed by atoms with Gasteiger partial charge in [-0.25, -0.2) is 0 Å². The molecule has 0 aliphatic carbocycles. The van der Waals surface area contributed by atoms with Crippen molar-refractivity contribution in [3.8, 4) is 11.5 Å². The Morgan fingerprint density at radius 2 is 1.89 bits per heavy atom. The van der Waals surface area contributed by atoms with Crippen LogP contribution in [0.5, 0.6) is 11.5 Å². The lowest BCUT2D eigenvalue weighted by molar-refractivity contribution is -0.141. The number of carbonyl (C=O) groups excluding carboxylic acids is 2. The maximum absolute atomic E-state index is 12.7. The van der Waals surface area contributed by atoms with Gasteiger partial charge in [0.15, 0.2) is 16.3 Å². The molecule has 4 rings (SSSR count). The Kier molecular flexibility index (Phi) is 4.64. The van der Waals surface area contributed by atoms with Crippen molar-refractivity contribution in [2.24, 2.45) is 4.99 Å². The molecule has 7 nitrogen and oxygen atoms in total. The van der Waals surface area contributed by atoms with E-state index in [1.54, 1.807) is 22.8 Å². The van der Waals surface area contributed by atoms with E-state index in [2.05, 4.69) is 4.99 Å². The third-order valence-corrected chi connectivity index (χ3v) is 5.67. The van der Waals surface area contributed by atoms with Crippen LogP contribution in [0.2, 0.25) is 0 Å². The van der Waals surface area contributed by atoms with Crippen molar-refractivity contribution in [1.82, 2.24) is 4.57 Å². The van der Waals surface area contributed by atoms with Gasteiger partial charge >= 0.3 is 5.97 Å². The topological polar surface area (TPSA) is 79.1 Å². The van der Waals surface area contributed by atoms with E-state index < -0.39 is 11.9 Å². The van der Waals surface area contributed by atoms with Crippen molar-refractivity contribution >= 4 is 33.4 Å². The Morgan fingerprint density at radius 3 is 2.68 bits per heavy atom. The van der Waals surface area contributed by atoms with E-state index in [9.17, 15) is 9.59 Å². The van der Waals surface area contributed by atoms with Gasteiger partial charge in [-0.3, -0.25) is 9.59 Å². The Balaban J connectivity index is 1.83. The Bertz CT molecular complexity index is 1180. The van der Waals surface area contributed by atoms with Crippen LogP contribution in [0, 0.1) is 13.8 Å². The highest BCUT2D eigenvalue weighted by molar-refractivity contribution is 7.16. The van der Waals surface area contributed by atoms with Crippen LogP contribution in [0.3, 0.4) is 0 Å². The van der Waals surface area contributed by atoms with Crippen molar-refractivity contribution in [2.75, 3.05) is 13.9 Å². The number of hydrogen-bond acceptors (Lipinski definition) is 6. The van der Waals surface area contributed by atoms with Gasteiger partial charge in [0.2, 0.25) is 6.79 Å². The minimum absolute atomic E-state index is 0.0216. The lowest BCUT2D eigenvalue weighted by Gasteiger charge is -2.05. The van der Waals surface area contributed by atoms with Gasteiger partial charge in [-0.1, -0.05) is 11.3 Å². The number of esters is 1. The molecule has 0 radical (unpaired) electrons. The van der Waals surface area contributed by atoms with Crippen LogP contribution < -0.4 is 14.3 Å². The zero-order valence-corrected chi connectivity index (χ0v) is 16.5. The van der Waals surface area contributed by atoms with E-state index in [4.69, 9.17) is 14.2 Å². The van der Waals surface area contributed by atoms with E-state index in [-0.39, 0.29) is 13.3 Å². The van der Waals surface area contributed by atoms with Crippen molar-refractivity contribution in [3.63, 3.8) is 0 Å². The quantitative estimate of drug-likeness (QED) is 0.634. The van der Waals surface area contributed by atoms with Gasteiger partial charge in [0.1, 0.15) is 6.54 Å². The molecule has 3 aromatic rings. The zero-order chi connectivity index (χ0) is 19.8. The second-order valence-corrected chi connectivity index (χ2v) is 7.45. The summed E-state index contributed by atoms with van der Waals surface area (Å²) in [5, 5.41) is 0. The molecule has 28 heavy (non-hydrogen) atoms. The van der Waals surface area contributed by atoms with E-state index in [1.165, 1.54) is 18.4 Å². The summed E-state index contributed by atoms with van der Waals surface area (Å²) < 4.78 is 18.1. The smallest absolute Gasteiger partial charge is 0.325 e. The van der Waals surface area contributed by atoms with Crippen LogP contribution in [0.1, 0.15) is 21.5 Å². The Morgan fingerprint density at radius 1 is 1.14 bits per heavy atom. The number of methoxy groups -OCH3 is 1. The second-order valence-electron chi connectivity index (χ2n) is 6.44. The number of ether oxygens (including phenoxy) is 3. The first-order chi connectivity index (χ1) is 13.5. The molecule has 2 aromatic carbocycles. The van der Waals surface area contributed by atoms with Gasteiger partial charge in [-0.05, 0) is 55.3 Å². The molecular weight excluding hydrogens is 380 g/mol. The summed E-state index contributed by atoms with van der Waals surface area (Å²) in [6.07, 6.45) is 0. The highest BCUT2D eigenvalue weighted by Gasteiger charge is 2.17. The molecule has 144 valence electrons. The summed E-state index contributed by atoms with van der Waals surface area (Å²) in [5.74, 6) is 0.294. The summed E-state index contributed by atoms with van der Waals surface area (Å²) in [6, 6.07) is 8.97. The fourth-order valence-corrected chi connectivity index (χ4v) is 4.04. The molecule has 1 aromatic heterocycles. The van der Waals surface area contributed by atoms with Crippen molar-refractivity contribution in [3.05, 3.63) is 51.8 Å². The van der Waals surface area contributed by atoms with Gasteiger partial charge in [0.25, 0.3) is 5.91 Å². The van der Waals surface area contributed by atoms with E-state index in [0.29, 0.717) is 21.9 Å². The number of carbonyl (C=O) groups is 2. The number of aryl methyl sites for hydroxylation is 2. The average Bonchev–Trinajstić information content (AvgIpc) is 3.27. The lowest BCUT2D eigenvalue weighted by atomic mass is 10.1. The molecule has 0 N–H and O–H groups in total. The molecule has 0 atom stereocenters. The number of benzene rings is 2. The molecule has 0 saturated heterocycles. The zero-order valence-electron chi connectivity index (χ0n) is 15.6. The predicted molar refractivity (Wildman–Crippen MR) is 104 cm³/mol. The lowest BCUT2D eigenvalue weighted by Crippen LogP contribution is -2.22. The number of thiazole rings is 1. The molecule has 1 amide bonds. The first-order valence-corrected chi connectivity index (χ1v) is 9.44. The standard InChI is InChI=1S/C20H18N2O5S/c1-11-6-14-17(7-12(11)2)28-20(22(14)9-18(23)25-3)21-19(24)13-4-5-15-16(8-13)27-10-26-15/h4-8H,9-10H2,1-3H3. The van der Waals surface area contributed by atoms with Gasteiger partial charge < -0.3 is 18.8 Å². The third kappa shape index (κ3) is 3.27. The molecule has 0 saturated carbocycles. The fourth-order valence-electron chi connectivity index (χ4n) is 2.93. The minimum Gasteiger partial charge on any atom is -0.468 e. The predicted octanol–water partition coefficient (Wildman–Crippen LogP) is 2.96. The van der Waals surface area contributed by atoms with Gasteiger partial charge in [0.05, 0.1) is 17.3 Å². The van der Waals surface area contributed by atoms with Crippen LogP contribution in [0.4, 0.5) is 0 Å². The van der Waals surface area contributed by atoms with Crippen LogP contribution in [0.25, 0.3) is 10.2 Å². The van der Waals surface area contributed by atoms with Crippen molar-refractivity contribution in [1.29, 1.82) is 0 Å². The van der Waals surface area contributed by atoms with Gasteiger partial charge in [-0.15, -0.1) is 0 Å². The molecule has 0 fully saturated rings. The number of amides is 1. The Hall–Kier alpha value is -3.13. The summed E-state index contributed by atoms with van der Waals surface area (Å²) in [5.41, 5.74) is 3.46. The summed E-state index contributed by atoms with van der Waals surface area (Å²) in [4.78, 5) is 29.4. The van der Waals surface area contributed by atoms with E-state index in [1.807, 2.05) is 26.0 Å². The first-order valence-electron chi connectivity index (χ1n) is 8.62. The summed E-state index contributed by atoms with van der Waals surface area (Å²) >= 11 is 1.36. The normalized spacial score (nSPS) is 13.2. The average molecular weight is 398 g/mol. The number of aromatic nitrogens is 1. The Labute approximate surface area is 164 Å². The fraction of sp³-hybridized carbons (Fsp3) is 0.250. The monoisotopic (exact) mass is 398 g/mol. The van der Waals surface area contributed by atoms with E-state index in [0.717, 1.165) is 21.3 Å². The molecule has 1 aliphatic heterocycles. The summed E-state index contributed by atoms with van der Waals surface area (Å²) in [6.45, 7) is 4.14. The largest absolute Gasteiger partial charge is 0.468 e. The molecule has 0 spiro atoms. The number of fused-ring (bicyclic) bond motifs is 2. The molecular formula is C20H18N2O5S. The van der Waals surface area contributed by atoms with Gasteiger partial charge in [0, 0.05) is 5.56 Å². The molecule has 0 bridgehead atoms. The number of rotatable bonds is 3. The molecule has 8 heteroatoms. The van der Waals surface area contributed by atoms with Crippen molar-refractivity contribution in [2.45, 2.75) is 20.4 Å². The van der Waals surface area contributed by atoms with Crippen LogP contribution in [-0.4, -0.2) is 30.3 Å².